The van der Waals surface area contributed by atoms with E-state index in [9.17, 15) is 0 Å². The maximum absolute atomic E-state index is 8.87. The van der Waals surface area contributed by atoms with Gasteiger partial charge in [-0.2, -0.15) is 0 Å². The minimum Gasteiger partial charge on any atom is -0.396 e. The topological polar surface area (TPSA) is 29.5 Å². The van der Waals surface area contributed by atoms with Gasteiger partial charge in [0, 0.05) is 19.8 Å². The lowest BCUT2D eigenvalue weighted by Crippen LogP contribution is -2.07. The van der Waals surface area contributed by atoms with Crippen LogP contribution in [0.15, 0.2) is 0 Å². The fourth-order valence-electron chi connectivity index (χ4n) is 1.78. The normalized spacial score (nSPS) is 31.1. The van der Waals surface area contributed by atoms with Crippen LogP contribution in [0.1, 0.15) is 26.2 Å². The first-order chi connectivity index (χ1) is 5.36. The summed E-state index contributed by atoms with van der Waals surface area (Å²) in [5.74, 6) is 1.27. The lowest BCUT2D eigenvalue weighted by molar-refractivity contribution is 0.109. The first-order valence-corrected chi connectivity index (χ1v) is 4.55. The van der Waals surface area contributed by atoms with Crippen LogP contribution in [0.5, 0.6) is 0 Å². The van der Waals surface area contributed by atoms with E-state index in [-0.39, 0.29) is 0 Å². The third-order valence-electron chi connectivity index (χ3n) is 2.47. The molecule has 0 aromatic heterocycles. The van der Waals surface area contributed by atoms with E-state index in [2.05, 4.69) is 0 Å². The molecule has 2 heteroatoms. The summed E-state index contributed by atoms with van der Waals surface area (Å²) in [5, 5.41) is 8.87. The van der Waals surface area contributed by atoms with Gasteiger partial charge in [0.05, 0.1) is 0 Å². The van der Waals surface area contributed by atoms with Gasteiger partial charge in [-0.05, 0) is 38.0 Å². The van der Waals surface area contributed by atoms with E-state index in [1.165, 1.54) is 12.8 Å². The number of hydrogen-bond donors (Lipinski definition) is 1. The molecule has 1 aliphatic carbocycles. The smallest absolute Gasteiger partial charge is 0.0494 e. The van der Waals surface area contributed by atoms with Crippen molar-refractivity contribution in [2.24, 2.45) is 11.8 Å². The second-order valence-corrected chi connectivity index (χ2v) is 3.39. The minimum absolute atomic E-state index is 0.364. The Hall–Kier alpha value is -0.0800. The van der Waals surface area contributed by atoms with Crippen LogP contribution in [-0.2, 0) is 4.74 Å². The summed E-state index contributed by atoms with van der Waals surface area (Å²) < 4.78 is 5.33. The summed E-state index contributed by atoms with van der Waals surface area (Å²) >= 11 is 0. The molecule has 0 amide bonds. The third kappa shape index (κ3) is 2.80. The SMILES string of the molecule is CCOCC1CCC(CO)C1. The predicted octanol–water partition coefficient (Wildman–Crippen LogP) is 1.43. The van der Waals surface area contributed by atoms with Crippen LogP contribution >= 0.6 is 0 Å². The van der Waals surface area contributed by atoms with Crippen LogP contribution in [0.3, 0.4) is 0 Å². The lowest BCUT2D eigenvalue weighted by atomic mass is 10.1. The lowest BCUT2D eigenvalue weighted by Gasteiger charge is -2.08. The van der Waals surface area contributed by atoms with Gasteiger partial charge in [0.2, 0.25) is 0 Å². The van der Waals surface area contributed by atoms with Crippen LogP contribution in [0.25, 0.3) is 0 Å². The van der Waals surface area contributed by atoms with Crippen molar-refractivity contribution in [2.45, 2.75) is 26.2 Å². The molecule has 2 atom stereocenters. The molecule has 1 fully saturated rings. The summed E-state index contributed by atoms with van der Waals surface area (Å²) in [7, 11) is 0. The molecule has 1 saturated carbocycles. The first kappa shape index (κ1) is 9.01. The molecule has 1 rings (SSSR count). The summed E-state index contributed by atoms with van der Waals surface area (Å²) in [4.78, 5) is 0. The molecule has 2 nitrogen and oxygen atoms in total. The third-order valence-corrected chi connectivity index (χ3v) is 2.47. The second-order valence-electron chi connectivity index (χ2n) is 3.39. The van der Waals surface area contributed by atoms with Crippen molar-refractivity contribution in [2.75, 3.05) is 19.8 Å². The Morgan fingerprint density at radius 3 is 2.64 bits per heavy atom. The van der Waals surface area contributed by atoms with E-state index >= 15 is 0 Å². The van der Waals surface area contributed by atoms with Gasteiger partial charge >= 0.3 is 0 Å². The molecule has 0 aromatic carbocycles. The summed E-state index contributed by atoms with van der Waals surface area (Å²) in [6.07, 6.45) is 3.59. The van der Waals surface area contributed by atoms with Crippen molar-refractivity contribution >= 4 is 0 Å². The molecule has 0 radical (unpaired) electrons. The molecule has 1 aliphatic rings. The van der Waals surface area contributed by atoms with Crippen LogP contribution in [0.4, 0.5) is 0 Å². The largest absolute Gasteiger partial charge is 0.396 e. The highest BCUT2D eigenvalue weighted by Crippen LogP contribution is 2.30. The van der Waals surface area contributed by atoms with Gasteiger partial charge in [0.15, 0.2) is 0 Å². The maximum atomic E-state index is 8.87. The van der Waals surface area contributed by atoms with Gasteiger partial charge in [0.1, 0.15) is 0 Å². The quantitative estimate of drug-likeness (QED) is 0.670. The van der Waals surface area contributed by atoms with Gasteiger partial charge in [-0.25, -0.2) is 0 Å². The van der Waals surface area contributed by atoms with Gasteiger partial charge in [-0.3, -0.25) is 0 Å². The molecule has 0 saturated heterocycles. The number of aliphatic hydroxyl groups excluding tert-OH is 1. The van der Waals surface area contributed by atoms with Gasteiger partial charge in [-0.15, -0.1) is 0 Å². The van der Waals surface area contributed by atoms with Gasteiger partial charge in [-0.1, -0.05) is 0 Å². The van der Waals surface area contributed by atoms with E-state index in [1.807, 2.05) is 6.92 Å². The number of rotatable bonds is 4. The monoisotopic (exact) mass is 158 g/mol. The molecule has 1 N–H and O–H groups in total. The van der Waals surface area contributed by atoms with E-state index in [4.69, 9.17) is 9.84 Å². The molecule has 2 unspecified atom stereocenters. The molecule has 0 bridgehead atoms. The molecular formula is C9H18O2. The number of aliphatic hydroxyl groups is 1. The maximum Gasteiger partial charge on any atom is 0.0494 e. The Morgan fingerprint density at radius 2 is 2.09 bits per heavy atom. The van der Waals surface area contributed by atoms with Crippen LogP contribution < -0.4 is 0 Å². The molecular weight excluding hydrogens is 140 g/mol. The minimum atomic E-state index is 0.364. The van der Waals surface area contributed by atoms with Crippen LogP contribution in [0.2, 0.25) is 0 Å². The summed E-state index contributed by atoms with van der Waals surface area (Å²) in [5.41, 5.74) is 0. The van der Waals surface area contributed by atoms with Crippen molar-refractivity contribution in [1.82, 2.24) is 0 Å². The Balaban J connectivity index is 2.09. The molecule has 11 heavy (non-hydrogen) atoms. The van der Waals surface area contributed by atoms with Crippen LogP contribution in [-0.4, -0.2) is 24.9 Å². The zero-order valence-corrected chi connectivity index (χ0v) is 7.25. The van der Waals surface area contributed by atoms with E-state index in [0.717, 1.165) is 19.6 Å². The first-order valence-electron chi connectivity index (χ1n) is 4.55. The fraction of sp³-hybridized carbons (Fsp3) is 1.00. The molecule has 0 spiro atoms. The molecule has 0 heterocycles. The molecule has 0 aromatic rings. The van der Waals surface area contributed by atoms with Gasteiger partial charge in [0.25, 0.3) is 0 Å². The van der Waals surface area contributed by atoms with Gasteiger partial charge < -0.3 is 9.84 Å². The Labute approximate surface area is 68.6 Å². The molecule has 66 valence electrons. The van der Waals surface area contributed by atoms with E-state index < -0.39 is 0 Å². The van der Waals surface area contributed by atoms with Crippen molar-refractivity contribution in [3.8, 4) is 0 Å². The highest BCUT2D eigenvalue weighted by atomic mass is 16.5. The fourth-order valence-corrected chi connectivity index (χ4v) is 1.78. The summed E-state index contributed by atoms with van der Waals surface area (Å²) in [6, 6.07) is 0. The Morgan fingerprint density at radius 1 is 1.36 bits per heavy atom. The predicted molar refractivity (Wildman–Crippen MR) is 44.4 cm³/mol. The van der Waals surface area contributed by atoms with Crippen LogP contribution in [0, 0.1) is 11.8 Å². The number of ether oxygens (including phenoxy) is 1. The highest BCUT2D eigenvalue weighted by molar-refractivity contribution is 4.74. The second kappa shape index (κ2) is 4.73. The molecule has 0 aliphatic heterocycles. The average Bonchev–Trinajstić information content (AvgIpc) is 2.48. The number of hydrogen-bond acceptors (Lipinski definition) is 2. The summed E-state index contributed by atoms with van der Waals surface area (Å²) in [6.45, 7) is 4.11. The van der Waals surface area contributed by atoms with E-state index in [1.54, 1.807) is 0 Å². The average molecular weight is 158 g/mol. The zero-order chi connectivity index (χ0) is 8.10. The highest BCUT2D eigenvalue weighted by Gasteiger charge is 2.23. The van der Waals surface area contributed by atoms with Crippen molar-refractivity contribution < 1.29 is 9.84 Å². The Kier molecular flexibility index (Phi) is 3.87. The Bertz CT molecular complexity index is 104. The van der Waals surface area contributed by atoms with Crippen molar-refractivity contribution in [3.05, 3.63) is 0 Å². The standard InChI is InChI=1S/C9H18O2/c1-2-11-7-9-4-3-8(5-9)6-10/h8-10H,2-7H2,1H3. The van der Waals surface area contributed by atoms with Crippen molar-refractivity contribution in [1.29, 1.82) is 0 Å². The zero-order valence-electron chi connectivity index (χ0n) is 7.25. The van der Waals surface area contributed by atoms with E-state index in [0.29, 0.717) is 18.4 Å². The van der Waals surface area contributed by atoms with Crippen molar-refractivity contribution in [3.63, 3.8) is 0 Å².